The molecule has 0 aromatic heterocycles. The van der Waals surface area contributed by atoms with Crippen LogP contribution in [0.2, 0.25) is 0 Å². The molecule has 0 aromatic carbocycles. The van der Waals surface area contributed by atoms with E-state index in [9.17, 15) is 4.79 Å². The van der Waals surface area contributed by atoms with Crippen molar-refractivity contribution >= 4 is 5.97 Å². The van der Waals surface area contributed by atoms with Crippen LogP contribution < -0.4 is 0 Å². The van der Waals surface area contributed by atoms with Gasteiger partial charge in [-0.1, -0.05) is 13.5 Å². The first-order chi connectivity index (χ1) is 6.01. The summed E-state index contributed by atoms with van der Waals surface area (Å²) in [5.41, 5.74) is -0.722. The summed E-state index contributed by atoms with van der Waals surface area (Å²) < 4.78 is 0. The second kappa shape index (κ2) is 4.99. The van der Waals surface area contributed by atoms with E-state index in [4.69, 9.17) is 15.3 Å². The lowest BCUT2D eigenvalue weighted by Crippen LogP contribution is -2.30. The fourth-order valence-electron chi connectivity index (χ4n) is 1.04. The van der Waals surface area contributed by atoms with Crippen molar-refractivity contribution in [3.8, 4) is 0 Å². The maximum absolute atomic E-state index is 10.5. The van der Waals surface area contributed by atoms with Crippen molar-refractivity contribution < 1.29 is 20.1 Å². The van der Waals surface area contributed by atoms with Gasteiger partial charge in [0.2, 0.25) is 0 Å². The Kier molecular flexibility index (Phi) is 4.66. The van der Waals surface area contributed by atoms with Crippen molar-refractivity contribution in [1.29, 1.82) is 0 Å². The second-order valence-corrected chi connectivity index (χ2v) is 3.26. The normalized spacial score (nSPS) is 11.3. The summed E-state index contributed by atoms with van der Waals surface area (Å²) >= 11 is 0. The first-order valence-corrected chi connectivity index (χ1v) is 4.14. The number of rotatable bonds is 6. The molecule has 13 heavy (non-hydrogen) atoms. The second-order valence-electron chi connectivity index (χ2n) is 3.26. The molecule has 0 saturated carbocycles. The minimum atomic E-state index is -1.08. The van der Waals surface area contributed by atoms with Crippen LogP contribution in [0.15, 0.2) is 12.2 Å². The number of hydrogen-bond acceptors (Lipinski definition) is 3. The molecule has 0 unspecified atom stereocenters. The number of carbonyl (C=O) groups is 1. The maximum Gasteiger partial charge on any atom is 0.330 e. The fraction of sp³-hybridized carbons (Fsp3) is 0.667. The highest BCUT2D eigenvalue weighted by atomic mass is 16.4. The lowest BCUT2D eigenvalue weighted by molar-refractivity contribution is -0.133. The fourth-order valence-corrected chi connectivity index (χ4v) is 1.04. The van der Waals surface area contributed by atoms with Gasteiger partial charge in [0.25, 0.3) is 0 Å². The highest BCUT2D eigenvalue weighted by Crippen LogP contribution is 2.28. The Morgan fingerprint density at radius 1 is 1.38 bits per heavy atom. The monoisotopic (exact) mass is 188 g/mol. The van der Waals surface area contributed by atoms with Gasteiger partial charge in [-0.25, -0.2) is 4.79 Å². The predicted octanol–water partition coefficient (Wildman–Crippen LogP) is 0.398. The van der Waals surface area contributed by atoms with Gasteiger partial charge in [-0.2, -0.15) is 0 Å². The number of carboxylic acid groups (broad SMARTS) is 1. The molecule has 0 radical (unpaired) electrons. The lowest BCUT2D eigenvalue weighted by atomic mass is 9.81. The SMILES string of the molecule is C=C(CC(CC)(CO)CO)C(=O)O. The van der Waals surface area contributed by atoms with Crippen molar-refractivity contribution in [2.45, 2.75) is 19.8 Å². The third-order valence-electron chi connectivity index (χ3n) is 2.31. The molecular formula is C9H16O4. The molecule has 0 rings (SSSR count). The average molecular weight is 188 g/mol. The molecule has 0 atom stereocenters. The summed E-state index contributed by atoms with van der Waals surface area (Å²) in [4.78, 5) is 10.5. The number of aliphatic hydroxyl groups is 2. The highest BCUT2D eigenvalue weighted by Gasteiger charge is 2.29. The molecule has 0 aliphatic carbocycles. The van der Waals surface area contributed by atoms with Crippen molar-refractivity contribution in [1.82, 2.24) is 0 Å². The van der Waals surface area contributed by atoms with E-state index in [0.717, 1.165) is 0 Å². The van der Waals surface area contributed by atoms with Gasteiger partial charge < -0.3 is 15.3 Å². The smallest absolute Gasteiger partial charge is 0.330 e. The van der Waals surface area contributed by atoms with E-state index in [1.54, 1.807) is 6.92 Å². The molecule has 0 saturated heterocycles. The topological polar surface area (TPSA) is 77.8 Å². The van der Waals surface area contributed by atoms with Gasteiger partial charge in [0.05, 0.1) is 13.2 Å². The molecule has 3 N–H and O–H groups in total. The summed E-state index contributed by atoms with van der Waals surface area (Å²) in [7, 11) is 0. The van der Waals surface area contributed by atoms with Gasteiger partial charge in [-0.05, 0) is 12.8 Å². The third-order valence-corrected chi connectivity index (χ3v) is 2.31. The predicted molar refractivity (Wildman–Crippen MR) is 48.3 cm³/mol. The van der Waals surface area contributed by atoms with Crippen LogP contribution in [0.3, 0.4) is 0 Å². The Bertz CT molecular complexity index is 186. The highest BCUT2D eigenvalue weighted by molar-refractivity contribution is 5.85. The van der Waals surface area contributed by atoms with Crippen LogP contribution in [0.5, 0.6) is 0 Å². The molecular weight excluding hydrogens is 172 g/mol. The van der Waals surface area contributed by atoms with Crippen molar-refractivity contribution in [2.24, 2.45) is 5.41 Å². The van der Waals surface area contributed by atoms with Crippen LogP contribution in [-0.2, 0) is 4.79 Å². The van der Waals surface area contributed by atoms with Gasteiger partial charge in [-0.15, -0.1) is 0 Å². The van der Waals surface area contributed by atoms with Gasteiger partial charge >= 0.3 is 5.97 Å². The molecule has 0 amide bonds. The standard InChI is InChI=1S/C9H16O4/c1-3-9(5-10,6-11)4-7(2)8(12)13/h10-11H,2-6H2,1H3,(H,12,13). The summed E-state index contributed by atoms with van der Waals surface area (Å²) in [5, 5.41) is 26.6. The van der Waals surface area contributed by atoms with E-state index in [1.807, 2.05) is 0 Å². The van der Waals surface area contributed by atoms with Crippen LogP contribution in [-0.4, -0.2) is 34.5 Å². The summed E-state index contributed by atoms with van der Waals surface area (Å²) in [6.07, 6.45) is 0.637. The zero-order valence-electron chi connectivity index (χ0n) is 7.79. The van der Waals surface area contributed by atoms with Crippen LogP contribution >= 0.6 is 0 Å². The van der Waals surface area contributed by atoms with Crippen molar-refractivity contribution in [3.05, 3.63) is 12.2 Å². The lowest BCUT2D eigenvalue weighted by Gasteiger charge is -2.28. The zero-order valence-corrected chi connectivity index (χ0v) is 7.79. The van der Waals surface area contributed by atoms with E-state index < -0.39 is 11.4 Å². The summed E-state index contributed by atoms with van der Waals surface area (Å²) in [5.74, 6) is -1.08. The first kappa shape index (κ1) is 12.1. The van der Waals surface area contributed by atoms with E-state index in [2.05, 4.69) is 6.58 Å². The third kappa shape index (κ3) is 3.16. The van der Waals surface area contributed by atoms with E-state index in [-0.39, 0.29) is 25.2 Å². The average Bonchev–Trinajstić information content (AvgIpc) is 2.14. The number of hydrogen-bond donors (Lipinski definition) is 3. The minimum Gasteiger partial charge on any atom is -0.478 e. The minimum absolute atomic E-state index is 0.0185. The van der Waals surface area contributed by atoms with Crippen molar-refractivity contribution in [2.75, 3.05) is 13.2 Å². The van der Waals surface area contributed by atoms with Gasteiger partial charge in [0, 0.05) is 11.0 Å². The molecule has 0 spiro atoms. The molecule has 4 heteroatoms. The molecule has 0 aliphatic heterocycles. The van der Waals surface area contributed by atoms with Crippen LogP contribution in [0, 0.1) is 5.41 Å². The van der Waals surface area contributed by atoms with Crippen LogP contribution in [0.25, 0.3) is 0 Å². The maximum atomic E-state index is 10.5. The van der Waals surface area contributed by atoms with Gasteiger partial charge in [-0.3, -0.25) is 0 Å². The summed E-state index contributed by atoms with van der Waals surface area (Å²) in [6.45, 7) is 4.69. The van der Waals surface area contributed by atoms with Crippen molar-refractivity contribution in [3.63, 3.8) is 0 Å². The Labute approximate surface area is 77.5 Å². The molecule has 4 nitrogen and oxygen atoms in total. The molecule has 0 heterocycles. The Morgan fingerprint density at radius 3 is 2.08 bits per heavy atom. The van der Waals surface area contributed by atoms with Crippen LogP contribution in [0.4, 0.5) is 0 Å². The molecule has 0 bridgehead atoms. The molecule has 0 fully saturated rings. The van der Waals surface area contributed by atoms with E-state index in [0.29, 0.717) is 6.42 Å². The number of carboxylic acids is 1. The first-order valence-electron chi connectivity index (χ1n) is 4.14. The van der Waals surface area contributed by atoms with E-state index in [1.165, 1.54) is 0 Å². The van der Waals surface area contributed by atoms with E-state index >= 15 is 0 Å². The largest absolute Gasteiger partial charge is 0.478 e. The Balaban J connectivity index is 4.42. The number of aliphatic carboxylic acids is 1. The van der Waals surface area contributed by atoms with Gasteiger partial charge in [0.1, 0.15) is 0 Å². The number of aliphatic hydroxyl groups excluding tert-OH is 2. The molecule has 0 aliphatic rings. The van der Waals surface area contributed by atoms with Crippen LogP contribution in [0.1, 0.15) is 19.8 Å². The zero-order chi connectivity index (χ0) is 10.5. The Hall–Kier alpha value is -0.870. The quantitative estimate of drug-likeness (QED) is 0.527. The summed E-state index contributed by atoms with van der Waals surface area (Å²) in [6, 6.07) is 0. The Morgan fingerprint density at radius 2 is 1.85 bits per heavy atom. The molecule has 76 valence electrons. The van der Waals surface area contributed by atoms with Gasteiger partial charge in [0.15, 0.2) is 0 Å². The molecule has 0 aromatic rings.